The molecule has 0 spiro atoms. The lowest BCUT2D eigenvalue weighted by Crippen LogP contribution is -2.52. The topological polar surface area (TPSA) is 45.2 Å². The van der Waals surface area contributed by atoms with Crippen molar-refractivity contribution < 1.29 is 4.79 Å². The first-order valence-corrected chi connectivity index (χ1v) is 13.0. The second-order valence-corrected chi connectivity index (χ2v) is 10.9. The van der Waals surface area contributed by atoms with Crippen LogP contribution in [0.25, 0.3) is 0 Å². The highest BCUT2D eigenvalue weighted by Gasteiger charge is 2.38. The molecule has 4 rings (SSSR count). The van der Waals surface area contributed by atoms with E-state index in [1.165, 1.54) is 22.9 Å². The van der Waals surface area contributed by atoms with Crippen molar-refractivity contribution in [3.63, 3.8) is 0 Å². The molecule has 6 heteroatoms. The number of aromatic nitrogens is 1. The Bertz CT molecular complexity index is 1120. The summed E-state index contributed by atoms with van der Waals surface area (Å²) in [5.74, 6) is -0.0502. The molecule has 2 aromatic carbocycles. The standard InChI is InChI=1S/C28H32ClN3OS/c1-20-7-4-5-8-21(20)19-28(32(2)3)16-14-23(15-17-28)31-26(33)25-9-6-18-30-27(25)34-24-12-10-22(29)11-13-24/h4-13,18,23H,14-17,19H2,1-3H3,(H,31,33). The van der Waals surface area contributed by atoms with Crippen LogP contribution in [0.2, 0.25) is 5.02 Å². The van der Waals surface area contributed by atoms with E-state index in [1.807, 2.05) is 36.4 Å². The highest BCUT2D eigenvalue weighted by molar-refractivity contribution is 7.99. The van der Waals surface area contributed by atoms with E-state index in [2.05, 4.69) is 60.5 Å². The normalized spacial score (nSPS) is 20.3. The molecular weight excluding hydrogens is 462 g/mol. The molecule has 1 amide bonds. The molecule has 0 aliphatic heterocycles. The number of likely N-dealkylation sites (N-methyl/N-ethyl adjacent to an activating group) is 1. The highest BCUT2D eigenvalue weighted by Crippen LogP contribution is 2.36. The van der Waals surface area contributed by atoms with Gasteiger partial charge in [-0.1, -0.05) is 47.6 Å². The molecule has 0 radical (unpaired) electrons. The van der Waals surface area contributed by atoms with Crippen molar-refractivity contribution in [2.45, 2.75) is 60.5 Å². The van der Waals surface area contributed by atoms with Crippen molar-refractivity contribution in [1.29, 1.82) is 0 Å². The zero-order valence-electron chi connectivity index (χ0n) is 20.1. The van der Waals surface area contributed by atoms with Crippen LogP contribution in [0.15, 0.2) is 76.8 Å². The molecule has 0 atom stereocenters. The predicted octanol–water partition coefficient (Wildman–Crippen LogP) is 6.41. The molecule has 1 heterocycles. The largest absolute Gasteiger partial charge is 0.349 e. The molecule has 4 nitrogen and oxygen atoms in total. The maximum absolute atomic E-state index is 13.2. The van der Waals surface area contributed by atoms with E-state index in [0.29, 0.717) is 15.6 Å². The molecule has 1 aliphatic carbocycles. The Morgan fingerprint density at radius 1 is 1.09 bits per heavy atom. The van der Waals surface area contributed by atoms with Gasteiger partial charge in [-0.15, -0.1) is 0 Å². The fourth-order valence-corrected chi connectivity index (χ4v) is 5.77. The molecule has 0 unspecified atom stereocenters. The van der Waals surface area contributed by atoms with Gasteiger partial charge in [0.25, 0.3) is 5.91 Å². The van der Waals surface area contributed by atoms with Gasteiger partial charge < -0.3 is 10.2 Å². The number of nitrogens with zero attached hydrogens (tertiary/aromatic N) is 2. The van der Waals surface area contributed by atoms with Gasteiger partial charge in [0, 0.05) is 27.7 Å². The van der Waals surface area contributed by atoms with Crippen LogP contribution in [0.5, 0.6) is 0 Å². The smallest absolute Gasteiger partial charge is 0.254 e. The molecule has 178 valence electrons. The molecule has 1 N–H and O–H groups in total. The fourth-order valence-electron chi connectivity index (χ4n) is 4.77. The van der Waals surface area contributed by atoms with Crippen molar-refractivity contribution in [2.75, 3.05) is 14.1 Å². The highest BCUT2D eigenvalue weighted by atomic mass is 35.5. The second kappa shape index (κ2) is 10.9. The summed E-state index contributed by atoms with van der Waals surface area (Å²) in [6.07, 6.45) is 6.81. The minimum Gasteiger partial charge on any atom is -0.349 e. The summed E-state index contributed by atoms with van der Waals surface area (Å²) in [6, 6.07) is 20.1. The van der Waals surface area contributed by atoms with Crippen molar-refractivity contribution in [1.82, 2.24) is 15.2 Å². The SMILES string of the molecule is Cc1ccccc1CC1(N(C)C)CCC(NC(=O)c2cccnc2Sc2ccc(Cl)cc2)CC1. The van der Waals surface area contributed by atoms with Gasteiger partial charge in [0.05, 0.1) is 5.56 Å². The number of pyridine rings is 1. The molecule has 0 saturated heterocycles. The Kier molecular flexibility index (Phi) is 7.97. The van der Waals surface area contributed by atoms with Crippen LogP contribution in [-0.2, 0) is 6.42 Å². The lowest BCUT2D eigenvalue weighted by atomic mass is 9.74. The average molecular weight is 494 g/mol. The molecular formula is C28H32ClN3OS. The Balaban J connectivity index is 1.41. The predicted molar refractivity (Wildman–Crippen MR) is 141 cm³/mol. The van der Waals surface area contributed by atoms with Crippen molar-refractivity contribution in [3.05, 3.63) is 88.6 Å². The van der Waals surface area contributed by atoms with Crippen LogP contribution in [0.1, 0.15) is 47.2 Å². The van der Waals surface area contributed by atoms with Crippen LogP contribution >= 0.6 is 23.4 Å². The fraction of sp³-hybridized carbons (Fsp3) is 0.357. The summed E-state index contributed by atoms with van der Waals surface area (Å²) < 4.78 is 0. The third kappa shape index (κ3) is 5.83. The lowest BCUT2D eigenvalue weighted by molar-refractivity contribution is 0.0767. The van der Waals surface area contributed by atoms with Crippen LogP contribution in [0, 0.1) is 6.92 Å². The zero-order chi connectivity index (χ0) is 24.1. The molecule has 34 heavy (non-hydrogen) atoms. The van der Waals surface area contributed by atoms with Gasteiger partial charge >= 0.3 is 0 Å². The zero-order valence-corrected chi connectivity index (χ0v) is 21.6. The number of carbonyl (C=O) groups is 1. The summed E-state index contributed by atoms with van der Waals surface area (Å²) in [5, 5.41) is 4.69. The van der Waals surface area contributed by atoms with Gasteiger partial charge in [0.15, 0.2) is 0 Å². The molecule has 1 fully saturated rings. The first-order chi connectivity index (χ1) is 16.4. The number of amides is 1. The monoisotopic (exact) mass is 493 g/mol. The number of carbonyl (C=O) groups excluding carboxylic acids is 1. The van der Waals surface area contributed by atoms with Gasteiger partial charge in [-0.2, -0.15) is 0 Å². The number of halogens is 1. The third-order valence-corrected chi connectivity index (χ3v) is 8.30. The Morgan fingerprint density at radius 2 is 1.79 bits per heavy atom. The van der Waals surface area contributed by atoms with Crippen LogP contribution in [0.3, 0.4) is 0 Å². The molecule has 1 aliphatic rings. The lowest BCUT2D eigenvalue weighted by Gasteiger charge is -2.45. The van der Waals surface area contributed by atoms with Gasteiger partial charge in [-0.05, 0) is 101 Å². The number of rotatable bonds is 7. The Hall–Kier alpha value is -2.34. The minimum atomic E-state index is -0.0502. The summed E-state index contributed by atoms with van der Waals surface area (Å²) in [5.41, 5.74) is 3.50. The van der Waals surface area contributed by atoms with E-state index in [9.17, 15) is 4.79 Å². The molecule has 0 bridgehead atoms. The first-order valence-electron chi connectivity index (χ1n) is 11.8. The van der Waals surface area contributed by atoms with Gasteiger partial charge in [0.2, 0.25) is 0 Å². The van der Waals surface area contributed by atoms with E-state index in [4.69, 9.17) is 11.6 Å². The van der Waals surface area contributed by atoms with Crippen molar-refractivity contribution in [2.24, 2.45) is 0 Å². The maximum atomic E-state index is 13.2. The molecule has 1 aromatic heterocycles. The number of aryl methyl sites for hydroxylation is 1. The maximum Gasteiger partial charge on any atom is 0.254 e. The van der Waals surface area contributed by atoms with E-state index in [0.717, 1.165) is 37.0 Å². The quantitative estimate of drug-likeness (QED) is 0.413. The van der Waals surface area contributed by atoms with Crippen LogP contribution in [-0.4, -0.2) is 41.5 Å². The summed E-state index contributed by atoms with van der Waals surface area (Å²) in [4.78, 5) is 21.1. The summed E-state index contributed by atoms with van der Waals surface area (Å²) >= 11 is 7.49. The van der Waals surface area contributed by atoms with E-state index >= 15 is 0 Å². The number of hydrogen-bond donors (Lipinski definition) is 1. The minimum absolute atomic E-state index is 0.0502. The molecule has 1 saturated carbocycles. The summed E-state index contributed by atoms with van der Waals surface area (Å²) in [7, 11) is 4.38. The van der Waals surface area contributed by atoms with Crippen LogP contribution in [0.4, 0.5) is 0 Å². The van der Waals surface area contributed by atoms with Crippen LogP contribution < -0.4 is 5.32 Å². The van der Waals surface area contributed by atoms with Gasteiger partial charge in [0.1, 0.15) is 5.03 Å². The van der Waals surface area contributed by atoms with Crippen molar-refractivity contribution in [3.8, 4) is 0 Å². The Morgan fingerprint density at radius 3 is 2.47 bits per heavy atom. The van der Waals surface area contributed by atoms with E-state index in [-0.39, 0.29) is 17.5 Å². The average Bonchev–Trinajstić information content (AvgIpc) is 2.83. The third-order valence-electron chi connectivity index (χ3n) is 7.02. The summed E-state index contributed by atoms with van der Waals surface area (Å²) in [6.45, 7) is 2.19. The Labute approximate surface area is 212 Å². The number of hydrogen-bond acceptors (Lipinski definition) is 4. The number of benzene rings is 2. The molecule has 3 aromatic rings. The van der Waals surface area contributed by atoms with Crippen molar-refractivity contribution >= 4 is 29.3 Å². The van der Waals surface area contributed by atoms with E-state index < -0.39 is 0 Å². The second-order valence-electron chi connectivity index (χ2n) is 9.38. The van der Waals surface area contributed by atoms with Gasteiger partial charge in [-0.25, -0.2) is 4.98 Å². The first kappa shape index (κ1) is 24.8. The van der Waals surface area contributed by atoms with E-state index in [1.54, 1.807) is 6.20 Å². The number of nitrogens with one attached hydrogen (secondary N) is 1. The van der Waals surface area contributed by atoms with Gasteiger partial charge in [-0.3, -0.25) is 4.79 Å².